The van der Waals surface area contributed by atoms with Crippen LogP contribution in [0.4, 0.5) is 8.78 Å². The van der Waals surface area contributed by atoms with Crippen LogP contribution in [0.15, 0.2) is 12.1 Å². The molecule has 1 fully saturated rings. The summed E-state index contributed by atoms with van der Waals surface area (Å²) in [7, 11) is 0. The molecule has 1 aliphatic carbocycles. The highest BCUT2D eigenvalue weighted by Gasteiger charge is 2.45. The molecule has 17 heavy (non-hydrogen) atoms. The maximum absolute atomic E-state index is 14.0. The van der Waals surface area contributed by atoms with Crippen molar-refractivity contribution in [3.8, 4) is 5.75 Å². The molecule has 2 aliphatic rings. The third-order valence-electron chi connectivity index (χ3n) is 4.46. The Balaban J connectivity index is 2.19. The zero-order valence-corrected chi connectivity index (χ0v) is 9.93. The molecule has 3 heteroatoms. The molecule has 1 aromatic carbocycles. The van der Waals surface area contributed by atoms with Crippen molar-refractivity contribution >= 4 is 0 Å². The van der Waals surface area contributed by atoms with Gasteiger partial charge in [-0.2, -0.15) is 0 Å². The van der Waals surface area contributed by atoms with Crippen LogP contribution in [-0.2, 0) is 5.41 Å². The van der Waals surface area contributed by atoms with Gasteiger partial charge < -0.3 is 4.74 Å². The van der Waals surface area contributed by atoms with Gasteiger partial charge in [-0.3, -0.25) is 0 Å². The molecule has 0 amide bonds. The Bertz CT molecular complexity index is 458. The highest BCUT2D eigenvalue weighted by atomic mass is 19.1. The average molecular weight is 238 g/mol. The summed E-state index contributed by atoms with van der Waals surface area (Å²) in [6, 6.07) is 2.38. The van der Waals surface area contributed by atoms with Gasteiger partial charge in [0.25, 0.3) is 0 Å². The molecule has 1 heterocycles. The van der Waals surface area contributed by atoms with Crippen molar-refractivity contribution < 1.29 is 13.5 Å². The van der Waals surface area contributed by atoms with E-state index >= 15 is 0 Å². The second-order valence-electron chi connectivity index (χ2n) is 5.40. The number of hydrogen-bond acceptors (Lipinski definition) is 1. The summed E-state index contributed by atoms with van der Waals surface area (Å²) in [5.41, 5.74) is 0.214. The molecule has 1 aliphatic heterocycles. The quantitative estimate of drug-likeness (QED) is 0.668. The molecule has 1 aromatic rings. The van der Waals surface area contributed by atoms with Crippen LogP contribution in [0.2, 0.25) is 0 Å². The zero-order chi connectivity index (χ0) is 12.0. The van der Waals surface area contributed by atoms with Gasteiger partial charge in [-0.1, -0.05) is 19.8 Å². The van der Waals surface area contributed by atoms with Crippen molar-refractivity contribution in [2.45, 2.75) is 38.0 Å². The fourth-order valence-corrected chi connectivity index (χ4v) is 3.39. The lowest BCUT2D eigenvalue weighted by atomic mass is 9.62. The summed E-state index contributed by atoms with van der Waals surface area (Å²) in [5.74, 6) is -0.298. The predicted molar refractivity (Wildman–Crippen MR) is 61.2 cm³/mol. The summed E-state index contributed by atoms with van der Waals surface area (Å²) >= 11 is 0. The van der Waals surface area contributed by atoms with Gasteiger partial charge in [0.05, 0.1) is 6.61 Å². The fourth-order valence-electron chi connectivity index (χ4n) is 3.39. The van der Waals surface area contributed by atoms with Crippen LogP contribution >= 0.6 is 0 Å². The molecule has 3 rings (SSSR count). The third-order valence-corrected chi connectivity index (χ3v) is 4.46. The Labute approximate surface area is 99.8 Å². The topological polar surface area (TPSA) is 9.23 Å². The van der Waals surface area contributed by atoms with Crippen LogP contribution in [0.1, 0.15) is 38.2 Å². The average Bonchev–Trinajstić information content (AvgIpc) is 2.32. The molecule has 0 saturated heterocycles. The molecule has 0 radical (unpaired) electrons. The lowest BCUT2D eigenvalue weighted by molar-refractivity contribution is 0.0906. The van der Waals surface area contributed by atoms with Gasteiger partial charge in [0.15, 0.2) is 11.6 Å². The summed E-state index contributed by atoms with van der Waals surface area (Å²) in [6.07, 6.45) is 4.22. The molecule has 1 nitrogen and oxygen atoms in total. The van der Waals surface area contributed by atoms with E-state index in [9.17, 15) is 8.78 Å². The van der Waals surface area contributed by atoms with Crippen molar-refractivity contribution in [3.05, 3.63) is 29.3 Å². The normalized spacial score (nSPS) is 31.4. The van der Waals surface area contributed by atoms with Gasteiger partial charge in [0, 0.05) is 16.9 Å². The van der Waals surface area contributed by atoms with Gasteiger partial charge in [0.2, 0.25) is 0 Å². The van der Waals surface area contributed by atoms with E-state index in [2.05, 4.69) is 6.92 Å². The molecule has 0 N–H and O–H groups in total. The van der Waals surface area contributed by atoms with Gasteiger partial charge in [-0.25, -0.2) is 8.78 Å². The van der Waals surface area contributed by atoms with E-state index in [1.165, 1.54) is 6.07 Å². The monoisotopic (exact) mass is 238 g/mol. The SMILES string of the molecule is C[C@@]12CCCCC1COc1c(F)ccc(F)c12. The molecule has 0 aromatic heterocycles. The molecule has 1 saturated carbocycles. The van der Waals surface area contributed by atoms with Crippen LogP contribution in [0.25, 0.3) is 0 Å². The second kappa shape index (κ2) is 3.69. The molecule has 0 spiro atoms. The first-order valence-electron chi connectivity index (χ1n) is 6.24. The predicted octanol–water partition coefficient (Wildman–Crippen LogP) is 3.81. The van der Waals surface area contributed by atoms with E-state index in [1.807, 2.05) is 0 Å². The smallest absolute Gasteiger partial charge is 0.165 e. The van der Waals surface area contributed by atoms with E-state index in [1.54, 1.807) is 0 Å². The Morgan fingerprint density at radius 1 is 1.24 bits per heavy atom. The fraction of sp³-hybridized carbons (Fsp3) is 0.571. The number of benzene rings is 1. The summed E-state index contributed by atoms with van der Waals surface area (Å²) in [5, 5.41) is 0. The number of rotatable bonds is 0. The van der Waals surface area contributed by atoms with E-state index in [-0.39, 0.29) is 17.0 Å². The first-order valence-corrected chi connectivity index (χ1v) is 6.24. The highest BCUT2D eigenvalue weighted by Crippen LogP contribution is 2.51. The summed E-state index contributed by atoms with van der Waals surface area (Å²) in [6.45, 7) is 2.57. The maximum Gasteiger partial charge on any atom is 0.165 e. The number of fused-ring (bicyclic) bond motifs is 3. The largest absolute Gasteiger partial charge is 0.490 e. The number of ether oxygens (including phenoxy) is 1. The summed E-state index contributed by atoms with van der Waals surface area (Å²) in [4.78, 5) is 0. The lowest BCUT2D eigenvalue weighted by Crippen LogP contribution is -2.43. The van der Waals surface area contributed by atoms with Gasteiger partial charge in [-0.15, -0.1) is 0 Å². The van der Waals surface area contributed by atoms with Crippen molar-refractivity contribution in [3.63, 3.8) is 0 Å². The van der Waals surface area contributed by atoms with Crippen LogP contribution in [0.3, 0.4) is 0 Å². The minimum Gasteiger partial charge on any atom is -0.490 e. The first-order chi connectivity index (χ1) is 8.13. The van der Waals surface area contributed by atoms with Gasteiger partial charge >= 0.3 is 0 Å². The maximum atomic E-state index is 14.0. The minimum absolute atomic E-state index is 0.144. The third kappa shape index (κ3) is 1.48. The highest BCUT2D eigenvalue weighted by molar-refractivity contribution is 5.44. The Hall–Kier alpha value is -1.12. The summed E-state index contributed by atoms with van der Waals surface area (Å²) < 4.78 is 33.2. The number of halogens is 2. The van der Waals surface area contributed by atoms with E-state index < -0.39 is 5.82 Å². The zero-order valence-electron chi connectivity index (χ0n) is 9.93. The van der Waals surface area contributed by atoms with E-state index in [4.69, 9.17) is 4.74 Å². The molecule has 92 valence electrons. The van der Waals surface area contributed by atoms with Crippen molar-refractivity contribution in [2.75, 3.05) is 6.61 Å². The lowest BCUT2D eigenvalue weighted by Gasteiger charge is -2.45. The van der Waals surface area contributed by atoms with Crippen LogP contribution < -0.4 is 4.74 Å². The van der Waals surface area contributed by atoms with E-state index in [0.29, 0.717) is 18.1 Å². The molecular weight excluding hydrogens is 222 g/mol. The van der Waals surface area contributed by atoms with Crippen LogP contribution in [-0.4, -0.2) is 6.61 Å². The second-order valence-corrected chi connectivity index (χ2v) is 5.40. The first kappa shape index (κ1) is 11.0. The Morgan fingerprint density at radius 3 is 2.82 bits per heavy atom. The number of hydrogen-bond donors (Lipinski definition) is 0. The standard InChI is InChI=1S/C14H16F2O/c1-14-7-3-2-4-9(14)8-17-13-11(16)6-5-10(15)12(13)14/h5-6,9H,2-4,7-8H2,1H3/t9?,14-/m1/s1. The van der Waals surface area contributed by atoms with Crippen molar-refractivity contribution in [2.24, 2.45) is 5.92 Å². The van der Waals surface area contributed by atoms with Crippen LogP contribution in [0, 0.1) is 17.6 Å². The van der Waals surface area contributed by atoms with Crippen molar-refractivity contribution in [1.29, 1.82) is 0 Å². The Morgan fingerprint density at radius 2 is 2.00 bits per heavy atom. The molecule has 2 atom stereocenters. The van der Waals surface area contributed by atoms with Gasteiger partial charge in [-0.05, 0) is 25.0 Å². The van der Waals surface area contributed by atoms with E-state index in [0.717, 1.165) is 31.7 Å². The molecule has 1 unspecified atom stereocenters. The Kier molecular flexibility index (Phi) is 2.39. The van der Waals surface area contributed by atoms with Crippen LogP contribution in [0.5, 0.6) is 5.75 Å². The molecule has 0 bridgehead atoms. The minimum atomic E-state index is -0.438. The van der Waals surface area contributed by atoms with Crippen molar-refractivity contribution in [1.82, 2.24) is 0 Å². The van der Waals surface area contributed by atoms with Gasteiger partial charge in [0.1, 0.15) is 5.82 Å². The molecular formula is C14H16F2O.